The molecule has 0 aromatic carbocycles. The van der Waals surface area contributed by atoms with Crippen molar-refractivity contribution >= 4 is 17.5 Å². The molecule has 0 aliphatic heterocycles. The Morgan fingerprint density at radius 1 is 1.14 bits per heavy atom. The summed E-state index contributed by atoms with van der Waals surface area (Å²) in [5.41, 5.74) is 5.05. The number of rotatable bonds is 9. The zero-order valence-electron chi connectivity index (χ0n) is 9.10. The van der Waals surface area contributed by atoms with Gasteiger partial charge in [0.2, 0.25) is 5.91 Å². The van der Waals surface area contributed by atoms with Gasteiger partial charge in [0.1, 0.15) is 5.38 Å². The lowest BCUT2D eigenvalue weighted by Crippen LogP contribution is -2.23. The standard InChI is InChI=1S/C11H22ClNO/c1-2-3-4-5-6-7-8-9-10(12)11(13)14/h10H,2-9H2,1H3,(H2,13,14). The second-order valence-electron chi connectivity index (χ2n) is 3.78. The van der Waals surface area contributed by atoms with E-state index in [-0.39, 0.29) is 0 Å². The second-order valence-corrected chi connectivity index (χ2v) is 4.31. The third-order valence-electron chi connectivity index (χ3n) is 2.37. The minimum absolute atomic E-state index is 0.391. The van der Waals surface area contributed by atoms with E-state index in [0.29, 0.717) is 0 Å². The molecule has 0 saturated heterocycles. The van der Waals surface area contributed by atoms with E-state index in [1.807, 2.05) is 0 Å². The van der Waals surface area contributed by atoms with Crippen molar-refractivity contribution in [1.82, 2.24) is 0 Å². The van der Waals surface area contributed by atoms with Gasteiger partial charge in [0.25, 0.3) is 0 Å². The van der Waals surface area contributed by atoms with E-state index in [1.165, 1.54) is 38.5 Å². The number of hydrogen-bond donors (Lipinski definition) is 1. The predicted molar refractivity (Wildman–Crippen MR) is 61.4 cm³/mol. The molecule has 1 atom stereocenters. The fraction of sp³-hybridized carbons (Fsp3) is 0.909. The Balaban J connectivity index is 3.09. The molecule has 0 heterocycles. The number of hydrogen-bond acceptors (Lipinski definition) is 1. The van der Waals surface area contributed by atoms with Gasteiger partial charge in [-0.15, -0.1) is 11.6 Å². The van der Waals surface area contributed by atoms with Crippen molar-refractivity contribution in [3.05, 3.63) is 0 Å². The summed E-state index contributed by atoms with van der Waals surface area (Å²) < 4.78 is 0. The minimum atomic E-state index is -0.467. The summed E-state index contributed by atoms with van der Waals surface area (Å²) in [7, 11) is 0. The maximum Gasteiger partial charge on any atom is 0.235 e. The van der Waals surface area contributed by atoms with Crippen molar-refractivity contribution in [2.24, 2.45) is 5.73 Å². The first kappa shape index (κ1) is 13.8. The summed E-state index contributed by atoms with van der Waals surface area (Å²) >= 11 is 5.70. The Labute approximate surface area is 92.2 Å². The summed E-state index contributed by atoms with van der Waals surface area (Å²) in [6, 6.07) is 0. The number of amides is 1. The molecule has 0 fully saturated rings. The summed E-state index contributed by atoms with van der Waals surface area (Å²) in [6.07, 6.45) is 9.41. The summed E-state index contributed by atoms with van der Waals surface area (Å²) in [5.74, 6) is -0.391. The fourth-order valence-corrected chi connectivity index (χ4v) is 1.58. The average Bonchev–Trinajstić information content (AvgIpc) is 2.16. The first-order valence-electron chi connectivity index (χ1n) is 5.62. The van der Waals surface area contributed by atoms with E-state index in [2.05, 4.69) is 6.92 Å². The highest BCUT2D eigenvalue weighted by atomic mass is 35.5. The molecular formula is C11H22ClNO. The van der Waals surface area contributed by atoms with Crippen LogP contribution in [0.25, 0.3) is 0 Å². The first-order valence-corrected chi connectivity index (χ1v) is 6.05. The van der Waals surface area contributed by atoms with E-state index in [0.717, 1.165) is 12.8 Å². The molecule has 0 aliphatic carbocycles. The monoisotopic (exact) mass is 219 g/mol. The fourth-order valence-electron chi connectivity index (χ4n) is 1.42. The first-order chi connectivity index (χ1) is 6.68. The van der Waals surface area contributed by atoms with Gasteiger partial charge in [0.15, 0.2) is 0 Å². The van der Waals surface area contributed by atoms with Crippen LogP contribution in [0.2, 0.25) is 0 Å². The Morgan fingerprint density at radius 2 is 1.64 bits per heavy atom. The van der Waals surface area contributed by atoms with E-state index in [1.54, 1.807) is 0 Å². The van der Waals surface area contributed by atoms with Gasteiger partial charge in [0.05, 0.1) is 0 Å². The SMILES string of the molecule is CCCCCCCCCC(Cl)C(N)=O. The van der Waals surface area contributed by atoms with Crippen LogP contribution in [-0.2, 0) is 4.79 Å². The van der Waals surface area contributed by atoms with Gasteiger partial charge < -0.3 is 5.73 Å². The normalized spacial score (nSPS) is 12.7. The van der Waals surface area contributed by atoms with Crippen LogP contribution in [0.4, 0.5) is 0 Å². The predicted octanol–water partition coefficient (Wildman–Crippen LogP) is 3.22. The molecule has 0 radical (unpaired) electrons. The molecule has 14 heavy (non-hydrogen) atoms. The highest BCUT2D eigenvalue weighted by Crippen LogP contribution is 2.11. The number of alkyl halides is 1. The summed E-state index contributed by atoms with van der Waals surface area (Å²) in [6.45, 7) is 2.21. The molecule has 0 aromatic heterocycles. The van der Waals surface area contributed by atoms with Crippen LogP contribution in [0.1, 0.15) is 58.3 Å². The molecular weight excluding hydrogens is 198 g/mol. The largest absolute Gasteiger partial charge is 0.368 e. The highest BCUT2D eigenvalue weighted by Gasteiger charge is 2.09. The number of carbonyl (C=O) groups excluding carboxylic acids is 1. The molecule has 0 aromatic rings. The van der Waals surface area contributed by atoms with Crippen molar-refractivity contribution < 1.29 is 4.79 Å². The number of halogens is 1. The molecule has 2 N–H and O–H groups in total. The molecule has 0 aliphatic rings. The van der Waals surface area contributed by atoms with Crippen molar-refractivity contribution in [2.75, 3.05) is 0 Å². The van der Waals surface area contributed by atoms with Crippen molar-refractivity contribution in [3.63, 3.8) is 0 Å². The Bertz CT molecular complexity index is 150. The van der Waals surface area contributed by atoms with Gasteiger partial charge in [-0.05, 0) is 6.42 Å². The van der Waals surface area contributed by atoms with Crippen LogP contribution in [0, 0.1) is 0 Å². The smallest absolute Gasteiger partial charge is 0.235 e. The molecule has 3 heteroatoms. The molecule has 84 valence electrons. The second kappa shape index (κ2) is 9.32. The topological polar surface area (TPSA) is 43.1 Å². The average molecular weight is 220 g/mol. The highest BCUT2D eigenvalue weighted by molar-refractivity contribution is 6.30. The summed E-state index contributed by atoms with van der Waals surface area (Å²) in [5, 5.41) is -0.467. The van der Waals surface area contributed by atoms with Gasteiger partial charge in [-0.3, -0.25) is 4.79 Å². The molecule has 0 rings (SSSR count). The quantitative estimate of drug-likeness (QED) is 0.470. The molecule has 0 spiro atoms. The zero-order chi connectivity index (χ0) is 10.8. The Morgan fingerprint density at radius 3 is 2.14 bits per heavy atom. The lowest BCUT2D eigenvalue weighted by atomic mass is 10.1. The number of unbranched alkanes of at least 4 members (excludes halogenated alkanes) is 6. The molecule has 0 bridgehead atoms. The van der Waals surface area contributed by atoms with Gasteiger partial charge in [-0.1, -0.05) is 51.9 Å². The van der Waals surface area contributed by atoms with Crippen molar-refractivity contribution in [1.29, 1.82) is 0 Å². The lowest BCUT2D eigenvalue weighted by molar-refractivity contribution is -0.117. The van der Waals surface area contributed by atoms with Gasteiger partial charge in [0, 0.05) is 0 Å². The van der Waals surface area contributed by atoms with Crippen LogP contribution in [0.15, 0.2) is 0 Å². The van der Waals surface area contributed by atoms with Crippen LogP contribution in [0.3, 0.4) is 0 Å². The van der Waals surface area contributed by atoms with Gasteiger partial charge in [-0.2, -0.15) is 0 Å². The van der Waals surface area contributed by atoms with E-state index in [4.69, 9.17) is 17.3 Å². The number of carbonyl (C=O) groups is 1. The molecule has 1 amide bonds. The van der Waals surface area contributed by atoms with E-state index in [9.17, 15) is 4.79 Å². The number of primary amides is 1. The summed E-state index contributed by atoms with van der Waals surface area (Å²) in [4.78, 5) is 10.6. The van der Waals surface area contributed by atoms with Crippen LogP contribution >= 0.6 is 11.6 Å². The van der Waals surface area contributed by atoms with E-state index < -0.39 is 11.3 Å². The van der Waals surface area contributed by atoms with Crippen LogP contribution in [-0.4, -0.2) is 11.3 Å². The van der Waals surface area contributed by atoms with Crippen LogP contribution < -0.4 is 5.73 Å². The van der Waals surface area contributed by atoms with Crippen molar-refractivity contribution in [2.45, 2.75) is 63.7 Å². The Kier molecular flexibility index (Phi) is 9.16. The third kappa shape index (κ3) is 8.36. The maximum absolute atomic E-state index is 10.6. The number of nitrogens with two attached hydrogens (primary N) is 1. The minimum Gasteiger partial charge on any atom is -0.368 e. The Hall–Kier alpha value is -0.240. The molecule has 0 saturated carbocycles. The molecule has 2 nitrogen and oxygen atoms in total. The lowest BCUT2D eigenvalue weighted by Gasteiger charge is -2.04. The third-order valence-corrected chi connectivity index (χ3v) is 2.80. The van der Waals surface area contributed by atoms with E-state index >= 15 is 0 Å². The maximum atomic E-state index is 10.6. The zero-order valence-corrected chi connectivity index (χ0v) is 9.85. The molecule has 1 unspecified atom stereocenters. The van der Waals surface area contributed by atoms with Gasteiger partial charge in [-0.25, -0.2) is 0 Å². The van der Waals surface area contributed by atoms with Crippen molar-refractivity contribution in [3.8, 4) is 0 Å². The van der Waals surface area contributed by atoms with Gasteiger partial charge >= 0.3 is 0 Å². The van der Waals surface area contributed by atoms with Crippen LogP contribution in [0.5, 0.6) is 0 Å².